The third-order valence-corrected chi connectivity index (χ3v) is 2.56. The van der Waals surface area contributed by atoms with Crippen molar-refractivity contribution in [3.63, 3.8) is 0 Å². The van der Waals surface area contributed by atoms with E-state index in [2.05, 4.69) is 28.6 Å². The van der Waals surface area contributed by atoms with Crippen molar-refractivity contribution in [3.05, 3.63) is 12.2 Å². The van der Waals surface area contributed by atoms with Gasteiger partial charge in [-0.3, -0.25) is 0 Å². The molecular weight excluding hydrogens is 164 g/mol. The van der Waals surface area contributed by atoms with Crippen LogP contribution in [0.5, 0.6) is 0 Å². The zero-order valence-corrected chi connectivity index (χ0v) is 8.14. The van der Waals surface area contributed by atoms with Crippen LogP contribution in [0.1, 0.15) is 44.6 Å². The van der Waals surface area contributed by atoms with Gasteiger partial charge in [-0.15, -0.1) is 10.2 Å². The van der Waals surface area contributed by atoms with Crippen LogP contribution in [0, 0.1) is 5.92 Å². The summed E-state index contributed by atoms with van der Waals surface area (Å²) in [4.78, 5) is 0. The summed E-state index contributed by atoms with van der Waals surface area (Å²) in [5.41, 5.74) is 6.03. The van der Waals surface area contributed by atoms with Crippen molar-refractivity contribution in [2.45, 2.75) is 38.8 Å². The van der Waals surface area contributed by atoms with Crippen LogP contribution in [0.25, 0.3) is 0 Å². The second-order valence-corrected chi connectivity index (χ2v) is 4.10. The molecule has 72 valence electrons. The van der Waals surface area contributed by atoms with Gasteiger partial charge in [-0.25, -0.2) is 0 Å². The van der Waals surface area contributed by atoms with E-state index in [1.165, 1.54) is 12.8 Å². The molecule has 1 aliphatic rings. The summed E-state index contributed by atoms with van der Waals surface area (Å²) in [6, 6.07) is 0.637. The first-order valence-corrected chi connectivity index (χ1v) is 4.85. The predicted octanol–water partition coefficient (Wildman–Crippen LogP) is 1.27. The van der Waals surface area contributed by atoms with E-state index in [0.717, 1.165) is 5.82 Å². The minimum Gasteiger partial charge on any atom is -0.321 e. The summed E-state index contributed by atoms with van der Waals surface area (Å²) in [5.74, 6) is 1.36. The Labute approximate surface area is 78.1 Å². The Bertz CT molecular complexity index is 288. The molecule has 0 unspecified atom stereocenters. The SMILES string of the molecule is CC(C)[C@H](N)c1nncn1C1CC1. The van der Waals surface area contributed by atoms with Crippen molar-refractivity contribution in [3.8, 4) is 0 Å². The Morgan fingerprint density at radius 3 is 2.77 bits per heavy atom. The summed E-state index contributed by atoms with van der Waals surface area (Å²) in [7, 11) is 0. The monoisotopic (exact) mass is 180 g/mol. The second-order valence-electron chi connectivity index (χ2n) is 4.10. The lowest BCUT2D eigenvalue weighted by Crippen LogP contribution is -2.21. The molecule has 0 amide bonds. The molecule has 1 aliphatic carbocycles. The fourth-order valence-corrected chi connectivity index (χ4v) is 1.42. The average molecular weight is 180 g/mol. The van der Waals surface area contributed by atoms with Gasteiger partial charge in [0.25, 0.3) is 0 Å². The van der Waals surface area contributed by atoms with Crippen LogP contribution in [0.15, 0.2) is 6.33 Å². The van der Waals surface area contributed by atoms with E-state index in [9.17, 15) is 0 Å². The molecule has 0 radical (unpaired) electrons. The number of nitrogens with zero attached hydrogens (tertiary/aromatic N) is 3. The van der Waals surface area contributed by atoms with Crippen LogP contribution in [0.4, 0.5) is 0 Å². The minimum atomic E-state index is 0.0168. The van der Waals surface area contributed by atoms with Crippen molar-refractivity contribution in [1.82, 2.24) is 14.8 Å². The topological polar surface area (TPSA) is 56.7 Å². The van der Waals surface area contributed by atoms with E-state index in [0.29, 0.717) is 12.0 Å². The first kappa shape index (κ1) is 8.69. The molecule has 0 aliphatic heterocycles. The molecular formula is C9H16N4. The molecule has 1 saturated carbocycles. The van der Waals surface area contributed by atoms with Crippen LogP contribution in [0.2, 0.25) is 0 Å². The quantitative estimate of drug-likeness (QED) is 0.762. The Hall–Kier alpha value is -0.900. The molecule has 0 spiro atoms. The average Bonchev–Trinajstić information content (AvgIpc) is 2.83. The molecule has 1 atom stereocenters. The standard InChI is InChI=1S/C9H16N4/c1-6(2)8(10)9-12-11-5-13(9)7-3-4-7/h5-8H,3-4,10H2,1-2H3/t8-/m0/s1. The van der Waals surface area contributed by atoms with Gasteiger partial charge in [0.05, 0.1) is 6.04 Å². The molecule has 13 heavy (non-hydrogen) atoms. The number of hydrogen-bond acceptors (Lipinski definition) is 3. The Balaban J connectivity index is 2.22. The largest absolute Gasteiger partial charge is 0.321 e. The Kier molecular flexibility index (Phi) is 2.07. The van der Waals surface area contributed by atoms with Gasteiger partial charge in [0.15, 0.2) is 0 Å². The first-order chi connectivity index (χ1) is 6.20. The molecule has 4 nitrogen and oxygen atoms in total. The molecule has 2 rings (SSSR count). The number of nitrogens with two attached hydrogens (primary N) is 1. The Morgan fingerprint density at radius 2 is 2.23 bits per heavy atom. The van der Waals surface area contributed by atoms with E-state index in [4.69, 9.17) is 5.73 Å². The van der Waals surface area contributed by atoms with Gasteiger partial charge in [-0.1, -0.05) is 13.8 Å². The molecule has 0 aromatic carbocycles. The highest BCUT2D eigenvalue weighted by atomic mass is 15.3. The van der Waals surface area contributed by atoms with Gasteiger partial charge in [0.1, 0.15) is 12.2 Å². The van der Waals surface area contributed by atoms with Crippen LogP contribution >= 0.6 is 0 Å². The molecule has 0 saturated heterocycles. The second kappa shape index (κ2) is 3.10. The molecule has 2 N–H and O–H groups in total. The molecule has 1 aromatic heterocycles. The van der Waals surface area contributed by atoms with Crippen LogP contribution in [-0.2, 0) is 0 Å². The lowest BCUT2D eigenvalue weighted by molar-refractivity contribution is 0.466. The number of rotatable bonds is 3. The third kappa shape index (κ3) is 1.58. The molecule has 0 bridgehead atoms. The van der Waals surface area contributed by atoms with Gasteiger partial charge in [-0.2, -0.15) is 0 Å². The maximum atomic E-state index is 6.03. The van der Waals surface area contributed by atoms with Crippen molar-refractivity contribution < 1.29 is 0 Å². The van der Waals surface area contributed by atoms with E-state index >= 15 is 0 Å². The van der Waals surface area contributed by atoms with Crippen molar-refractivity contribution >= 4 is 0 Å². The first-order valence-electron chi connectivity index (χ1n) is 4.85. The predicted molar refractivity (Wildman–Crippen MR) is 50.1 cm³/mol. The van der Waals surface area contributed by atoms with Gasteiger partial charge in [0, 0.05) is 6.04 Å². The highest BCUT2D eigenvalue weighted by Crippen LogP contribution is 2.36. The normalized spacial score (nSPS) is 19.4. The maximum Gasteiger partial charge on any atom is 0.150 e. The summed E-state index contributed by atoms with van der Waals surface area (Å²) < 4.78 is 2.13. The minimum absolute atomic E-state index is 0.0168. The summed E-state index contributed by atoms with van der Waals surface area (Å²) >= 11 is 0. The number of aromatic nitrogens is 3. The lowest BCUT2D eigenvalue weighted by atomic mass is 10.1. The van der Waals surface area contributed by atoms with E-state index in [1.807, 2.05) is 0 Å². The maximum absolute atomic E-state index is 6.03. The fraction of sp³-hybridized carbons (Fsp3) is 0.778. The van der Waals surface area contributed by atoms with E-state index in [-0.39, 0.29) is 6.04 Å². The van der Waals surface area contributed by atoms with Crippen LogP contribution in [-0.4, -0.2) is 14.8 Å². The van der Waals surface area contributed by atoms with Crippen LogP contribution < -0.4 is 5.73 Å². The van der Waals surface area contributed by atoms with Gasteiger partial charge in [-0.05, 0) is 18.8 Å². The third-order valence-electron chi connectivity index (χ3n) is 2.56. The summed E-state index contributed by atoms with van der Waals surface area (Å²) in [5, 5.41) is 8.01. The summed E-state index contributed by atoms with van der Waals surface area (Å²) in [6.07, 6.45) is 4.29. The molecule has 4 heteroatoms. The zero-order chi connectivity index (χ0) is 9.42. The Morgan fingerprint density at radius 1 is 1.54 bits per heavy atom. The fourth-order valence-electron chi connectivity index (χ4n) is 1.42. The smallest absolute Gasteiger partial charge is 0.150 e. The lowest BCUT2D eigenvalue weighted by Gasteiger charge is -2.15. The zero-order valence-electron chi connectivity index (χ0n) is 8.14. The number of hydrogen-bond donors (Lipinski definition) is 1. The molecule has 1 heterocycles. The van der Waals surface area contributed by atoms with Crippen molar-refractivity contribution in [2.75, 3.05) is 0 Å². The van der Waals surface area contributed by atoms with Gasteiger partial charge < -0.3 is 10.3 Å². The molecule has 1 aromatic rings. The molecule has 1 fully saturated rings. The highest BCUT2D eigenvalue weighted by molar-refractivity contribution is 5.00. The summed E-state index contributed by atoms with van der Waals surface area (Å²) in [6.45, 7) is 4.22. The van der Waals surface area contributed by atoms with Gasteiger partial charge >= 0.3 is 0 Å². The van der Waals surface area contributed by atoms with E-state index < -0.39 is 0 Å². The van der Waals surface area contributed by atoms with E-state index in [1.54, 1.807) is 6.33 Å². The van der Waals surface area contributed by atoms with Crippen molar-refractivity contribution in [1.29, 1.82) is 0 Å². The highest BCUT2D eigenvalue weighted by Gasteiger charge is 2.28. The van der Waals surface area contributed by atoms with Gasteiger partial charge in [0.2, 0.25) is 0 Å². The van der Waals surface area contributed by atoms with Crippen molar-refractivity contribution in [2.24, 2.45) is 11.7 Å². The van der Waals surface area contributed by atoms with Crippen LogP contribution in [0.3, 0.4) is 0 Å².